The van der Waals surface area contributed by atoms with Gasteiger partial charge in [-0.05, 0) is 13.0 Å². The first-order valence-corrected chi connectivity index (χ1v) is 6.07. The number of rotatable bonds is 5. The van der Waals surface area contributed by atoms with E-state index in [1.807, 2.05) is 6.92 Å². The van der Waals surface area contributed by atoms with Crippen LogP contribution in [0.25, 0.3) is 0 Å². The minimum absolute atomic E-state index is 0.0955. The minimum atomic E-state index is -0.577. The van der Waals surface area contributed by atoms with Crippen molar-refractivity contribution in [3.8, 4) is 0 Å². The summed E-state index contributed by atoms with van der Waals surface area (Å²) in [5.41, 5.74) is 0.132. The molecule has 2 N–H and O–H groups in total. The van der Waals surface area contributed by atoms with Crippen LogP contribution in [0.4, 0.5) is 10.2 Å². The van der Waals surface area contributed by atoms with E-state index in [2.05, 4.69) is 25.8 Å². The fraction of sp³-hybridized carbons (Fsp3) is 0.333. The van der Waals surface area contributed by atoms with Crippen molar-refractivity contribution in [3.63, 3.8) is 0 Å². The maximum absolute atomic E-state index is 13.2. The fourth-order valence-corrected chi connectivity index (χ4v) is 1.59. The molecule has 2 aromatic rings. The van der Waals surface area contributed by atoms with E-state index >= 15 is 0 Å². The van der Waals surface area contributed by atoms with Crippen LogP contribution >= 0.6 is 0 Å². The van der Waals surface area contributed by atoms with E-state index in [0.29, 0.717) is 24.1 Å². The zero-order valence-electron chi connectivity index (χ0n) is 11.1. The number of hydrogen-bond donors (Lipinski definition) is 2. The van der Waals surface area contributed by atoms with Gasteiger partial charge in [0.2, 0.25) is 5.89 Å². The summed E-state index contributed by atoms with van der Waals surface area (Å²) in [5, 5.41) is 9.13. The van der Waals surface area contributed by atoms with E-state index < -0.39 is 11.7 Å². The molecule has 0 spiro atoms. The molecule has 0 atom stereocenters. The number of pyridine rings is 1. The summed E-state index contributed by atoms with van der Waals surface area (Å²) in [6.45, 7) is 4.17. The molecule has 106 valence electrons. The molecular formula is C12H14FN5O2. The lowest BCUT2D eigenvalue weighted by Gasteiger charge is -2.09. The lowest BCUT2D eigenvalue weighted by atomic mass is 10.2. The van der Waals surface area contributed by atoms with Gasteiger partial charge in [-0.1, -0.05) is 5.16 Å². The van der Waals surface area contributed by atoms with Gasteiger partial charge >= 0.3 is 0 Å². The SMILES string of the molecule is CCNc1ncc(F)cc1C(=O)NCc1noc(C)n1. The Kier molecular flexibility index (Phi) is 4.24. The topological polar surface area (TPSA) is 92.9 Å². The van der Waals surface area contributed by atoms with Crippen molar-refractivity contribution in [1.29, 1.82) is 0 Å². The number of anilines is 1. The van der Waals surface area contributed by atoms with Crippen molar-refractivity contribution >= 4 is 11.7 Å². The van der Waals surface area contributed by atoms with Crippen molar-refractivity contribution in [2.24, 2.45) is 0 Å². The van der Waals surface area contributed by atoms with Gasteiger partial charge in [0.05, 0.1) is 18.3 Å². The maximum atomic E-state index is 13.2. The molecule has 1 amide bonds. The summed E-state index contributed by atoms with van der Waals surface area (Å²) in [4.78, 5) is 19.8. The third-order valence-electron chi connectivity index (χ3n) is 2.42. The highest BCUT2D eigenvalue weighted by Crippen LogP contribution is 2.13. The highest BCUT2D eigenvalue weighted by atomic mass is 19.1. The van der Waals surface area contributed by atoms with Gasteiger partial charge in [0.25, 0.3) is 5.91 Å². The normalized spacial score (nSPS) is 10.3. The third kappa shape index (κ3) is 3.28. The maximum Gasteiger partial charge on any atom is 0.255 e. The molecule has 0 bridgehead atoms. The fourth-order valence-electron chi connectivity index (χ4n) is 1.59. The van der Waals surface area contributed by atoms with Crippen LogP contribution in [-0.2, 0) is 6.54 Å². The monoisotopic (exact) mass is 279 g/mol. The van der Waals surface area contributed by atoms with E-state index in [1.54, 1.807) is 6.92 Å². The van der Waals surface area contributed by atoms with E-state index in [-0.39, 0.29) is 12.1 Å². The Morgan fingerprint density at radius 2 is 2.30 bits per heavy atom. The lowest BCUT2D eigenvalue weighted by molar-refractivity contribution is 0.0949. The molecule has 20 heavy (non-hydrogen) atoms. The Morgan fingerprint density at radius 1 is 1.50 bits per heavy atom. The Hall–Kier alpha value is -2.51. The second-order valence-corrected chi connectivity index (χ2v) is 3.99. The predicted molar refractivity (Wildman–Crippen MR) is 68.6 cm³/mol. The molecule has 0 unspecified atom stereocenters. The highest BCUT2D eigenvalue weighted by molar-refractivity contribution is 5.98. The number of hydrogen-bond acceptors (Lipinski definition) is 6. The summed E-state index contributed by atoms with van der Waals surface area (Å²) < 4.78 is 18.0. The molecule has 0 aromatic carbocycles. The van der Waals surface area contributed by atoms with E-state index in [1.165, 1.54) is 0 Å². The molecule has 2 aromatic heterocycles. The molecule has 0 aliphatic rings. The average molecular weight is 279 g/mol. The van der Waals surface area contributed by atoms with E-state index in [0.717, 1.165) is 12.3 Å². The molecular weight excluding hydrogens is 265 g/mol. The number of aromatic nitrogens is 3. The summed E-state index contributed by atoms with van der Waals surface area (Å²) in [6, 6.07) is 1.13. The number of nitrogens with zero attached hydrogens (tertiary/aromatic N) is 3. The minimum Gasteiger partial charge on any atom is -0.370 e. The molecule has 2 rings (SSSR count). The summed E-state index contributed by atoms with van der Waals surface area (Å²) >= 11 is 0. The predicted octanol–water partition coefficient (Wildman–Crippen LogP) is 1.27. The molecule has 0 fully saturated rings. The van der Waals surface area contributed by atoms with Gasteiger partial charge in [0.15, 0.2) is 5.82 Å². The highest BCUT2D eigenvalue weighted by Gasteiger charge is 2.14. The van der Waals surface area contributed by atoms with Crippen molar-refractivity contribution in [3.05, 3.63) is 35.4 Å². The first kappa shape index (κ1) is 13.9. The van der Waals surface area contributed by atoms with Crippen molar-refractivity contribution < 1.29 is 13.7 Å². The Morgan fingerprint density at radius 3 is 2.95 bits per heavy atom. The van der Waals surface area contributed by atoms with Crippen LogP contribution < -0.4 is 10.6 Å². The van der Waals surface area contributed by atoms with Crippen LogP contribution in [0.2, 0.25) is 0 Å². The molecule has 8 heteroatoms. The van der Waals surface area contributed by atoms with Gasteiger partial charge in [-0.15, -0.1) is 0 Å². The van der Waals surface area contributed by atoms with Gasteiger partial charge in [-0.25, -0.2) is 9.37 Å². The van der Waals surface area contributed by atoms with Crippen molar-refractivity contribution in [2.75, 3.05) is 11.9 Å². The van der Waals surface area contributed by atoms with Crippen LogP contribution in [0.3, 0.4) is 0 Å². The van der Waals surface area contributed by atoms with Gasteiger partial charge in [0.1, 0.15) is 11.6 Å². The molecule has 0 saturated carbocycles. The molecule has 0 saturated heterocycles. The van der Waals surface area contributed by atoms with Crippen LogP contribution in [0, 0.1) is 12.7 Å². The number of carbonyl (C=O) groups excluding carboxylic acids is 1. The van der Waals surface area contributed by atoms with Gasteiger partial charge in [-0.2, -0.15) is 4.98 Å². The summed E-state index contributed by atoms with van der Waals surface area (Å²) in [5.74, 6) is 0.0542. The van der Waals surface area contributed by atoms with E-state index in [9.17, 15) is 9.18 Å². The average Bonchev–Trinajstić information content (AvgIpc) is 2.84. The Bertz CT molecular complexity index is 614. The largest absolute Gasteiger partial charge is 0.370 e. The van der Waals surface area contributed by atoms with Crippen LogP contribution in [0.1, 0.15) is 29.0 Å². The first-order chi connectivity index (χ1) is 9.60. The second-order valence-electron chi connectivity index (χ2n) is 3.99. The summed E-state index contributed by atoms with van der Waals surface area (Å²) in [7, 11) is 0. The van der Waals surface area contributed by atoms with Crippen molar-refractivity contribution in [2.45, 2.75) is 20.4 Å². The molecule has 0 radical (unpaired) electrons. The van der Waals surface area contributed by atoms with Gasteiger partial charge in [-0.3, -0.25) is 4.79 Å². The standard InChI is InChI=1S/C12H14FN5O2/c1-3-14-11-9(4-8(13)5-15-11)12(19)16-6-10-17-7(2)20-18-10/h4-5H,3,6H2,1-2H3,(H,14,15)(H,16,19). The number of amides is 1. The molecule has 0 aliphatic carbocycles. The molecule has 0 aliphatic heterocycles. The van der Waals surface area contributed by atoms with Crippen LogP contribution in [0.15, 0.2) is 16.8 Å². The van der Waals surface area contributed by atoms with Gasteiger partial charge in [0, 0.05) is 13.5 Å². The summed E-state index contributed by atoms with van der Waals surface area (Å²) in [6.07, 6.45) is 1.05. The Labute approximate surface area is 114 Å². The number of halogens is 1. The smallest absolute Gasteiger partial charge is 0.255 e. The van der Waals surface area contributed by atoms with Gasteiger partial charge < -0.3 is 15.2 Å². The first-order valence-electron chi connectivity index (χ1n) is 6.07. The number of nitrogens with one attached hydrogen (secondary N) is 2. The molecule has 2 heterocycles. The van der Waals surface area contributed by atoms with Crippen LogP contribution in [-0.4, -0.2) is 27.6 Å². The van der Waals surface area contributed by atoms with Crippen LogP contribution in [0.5, 0.6) is 0 Å². The lowest BCUT2D eigenvalue weighted by Crippen LogP contribution is -2.25. The van der Waals surface area contributed by atoms with Crippen molar-refractivity contribution in [1.82, 2.24) is 20.4 Å². The number of aryl methyl sites for hydroxylation is 1. The Balaban J connectivity index is 2.09. The molecule has 7 nitrogen and oxygen atoms in total. The zero-order chi connectivity index (χ0) is 14.5. The zero-order valence-corrected chi connectivity index (χ0v) is 11.1. The third-order valence-corrected chi connectivity index (χ3v) is 2.42. The number of carbonyl (C=O) groups is 1. The second kappa shape index (κ2) is 6.09. The quantitative estimate of drug-likeness (QED) is 0.856. The van der Waals surface area contributed by atoms with E-state index in [4.69, 9.17) is 4.52 Å².